The number of ether oxygens (including phenoxy) is 1. The van der Waals surface area contributed by atoms with Crippen molar-refractivity contribution in [1.29, 1.82) is 0 Å². The molecule has 2 rings (SSSR count). The fraction of sp³-hybridized carbons (Fsp3) is 0.357. The molecule has 1 heterocycles. The standard InChI is InChI=1S/C14H17NO2/c1-2-6-13(16)9-12-10-17-14(15-12)11-7-4-3-5-8-11/h2-5,7-8,12-13,16H,1,6,9-10H2/t12-,13-/m0/s1. The molecule has 1 aromatic carbocycles. The summed E-state index contributed by atoms with van der Waals surface area (Å²) in [4.78, 5) is 4.48. The molecule has 0 bridgehead atoms. The first-order chi connectivity index (χ1) is 8.29. The van der Waals surface area contributed by atoms with E-state index in [0.717, 1.165) is 5.56 Å². The molecule has 1 aliphatic heterocycles. The lowest BCUT2D eigenvalue weighted by Crippen LogP contribution is -2.16. The minimum atomic E-state index is -0.375. The Morgan fingerprint density at radius 1 is 1.47 bits per heavy atom. The fourth-order valence-corrected chi connectivity index (χ4v) is 1.88. The van der Waals surface area contributed by atoms with E-state index >= 15 is 0 Å². The molecule has 1 aromatic rings. The normalized spacial score (nSPS) is 20.5. The molecule has 0 saturated heterocycles. The number of hydrogen-bond donors (Lipinski definition) is 1. The van der Waals surface area contributed by atoms with E-state index in [4.69, 9.17) is 4.74 Å². The van der Waals surface area contributed by atoms with Gasteiger partial charge in [0.15, 0.2) is 0 Å². The van der Waals surface area contributed by atoms with Crippen LogP contribution in [0.5, 0.6) is 0 Å². The van der Waals surface area contributed by atoms with E-state index in [9.17, 15) is 5.11 Å². The largest absolute Gasteiger partial charge is 0.475 e. The van der Waals surface area contributed by atoms with Crippen LogP contribution in [0.1, 0.15) is 18.4 Å². The number of nitrogens with zero attached hydrogens (tertiary/aromatic N) is 1. The second-order valence-corrected chi connectivity index (χ2v) is 4.18. The summed E-state index contributed by atoms with van der Waals surface area (Å²) in [6.45, 7) is 4.16. The third-order valence-corrected chi connectivity index (χ3v) is 2.72. The zero-order valence-electron chi connectivity index (χ0n) is 9.75. The molecule has 3 heteroatoms. The summed E-state index contributed by atoms with van der Waals surface area (Å²) in [6.07, 6.45) is 2.58. The average molecular weight is 231 g/mol. The molecule has 3 nitrogen and oxygen atoms in total. The van der Waals surface area contributed by atoms with E-state index in [0.29, 0.717) is 25.3 Å². The molecule has 2 atom stereocenters. The van der Waals surface area contributed by atoms with Gasteiger partial charge in [-0.2, -0.15) is 0 Å². The highest BCUT2D eigenvalue weighted by atomic mass is 16.5. The molecule has 0 amide bonds. The fourth-order valence-electron chi connectivity index (χ4n) is 1.88. The molecule has 1 aliphatic rings. The summed E-state index contributed by atoms with van der Waals surface area (Å²) in [5.41, 5.74) is 0.994. The van der Waals surface area contributed by atoms with E-state index in [1.807, 2.05) is 30.3 Å². The Morgan fingerprint density at radius 2 is 2.24 bits per heavy atom. The maximum atomic E-state index is 9.67. The zero-order chi connectivity index (χ0) is 12.1. The van der Waals surface area contributed by atoms with Crippen LogP contribution in [-0.2, 0) is 4.74 Å². The summed E-state index contributed by atoms with van der Waals surface area (Å²) < 4.78 is 5.54. The molecule has 0 saturated carbocycles. The number of aliphatic imine (C=N–C) groups is 1. The Morgan fingerprint density at radius 3 is 2.94 bits per heavy atom. The summed E-state index contributed by atoms with van der Waals surface area (Å²) in [7, 11) is 0. The highest BCUT2D eigenvalue weighted by molar-refractivity contribution is 5.95. The monoisotopic (exact) mass is 231 g/mol. The Bertz CT molecular complexity index is 400. The molecule has 0 spiro atoms. The highest BCUT2D eigenvalue weighted by Crippen LogP contribution is 2.16. The molecule has 0 aliphatic carbocycles. The predicted molar refractivity (Wildman–Crippen MR) is 68.2 cm³/mol. The number of rotatable bonds is 5. The predicted octanol–water partition coefficient (Wildman–Crippen LogP) is 2.16. The van der Waals surface area contributed by atoms with Gasteiger partial charge in [-0.1, -0.05) is 24.3 Å². The molecule has 0 unspecified atom stereocenters. The van der Waals surface area contributed by atoms with Gasteiger partial charge in [0.25, 0.3) is 0 Å². The first-order valence-electron chi connectivity index (χ1n) is 5.84. The second kappa shape index (κ2) is 5.64. The third-order valence-electron chi connectivity index (χ3n) is 2.72. The average Bonchev–Trinajstić information content (AvgIpc) is 2.79. The Balaban J connectivity index is 1.97. The van der Waals surface area contributed by atoms with Crippen molar-refractivity contribution in [1.82, 2.24) is 0 Å². The molecule has 17 heavy (non-hydrogen) atoms. The van der Waals surface area contributed by atoms with E-state index < -0.39 is 0 Å². The van der Waals surface area contributed by atoms with Gasteiger partial charge in [0, 0.05) is 5.56 Å². The molecular weight excluding hydrogens is 214 g/mol. The van der Waals surface area contributed by atoms with Crippen molar-refractivity contribution in [3.8, 4) is 0 Å². The molecule has 0 aromatic heterocycles. The minimum Gasteiger partial charge on any atom is -0.475 e. The molecule has 90 valence electrons. The molecule has 1 N–H and O–H groups in total. The molecular formula is C14H17NO2. The van der Waals surface area contributed by atoms with Crippen LogP contribution in [0, 0.1) is 0 Å². The van der Waals surface area contributed by atoms with Crippen molar-refractivity contribution in [3.63, 3.8) is 0 Å². The zero-order valence-corrected chi connectivity index (χ0v) is 9.75. The second-order valence-electron chi connectivity index (χ2n) is 4.18. The van der Waals surface area contributed by atoms with Gasteiger partial charge < -0.3 is 9.84 Å². The van der Waals surface area contributed by atoms with Gasteiger partial charge >= 0.3 is 0 Å². The van der Waals surface area contributed by atoms with E-state index in [1.165, 1.54) is 0 Å². The number of aliphatic hydroxyl groups excluding tert-OH is 1. The van der Waals surface area contributed by atoms with Crippen molar-refractivity contribution in [2.75, 3.05) is 6.61 Å². The SMILES string of the molecule is C=CC[C@H](O)C[C@H]1COC(c2ccccc2)=N1. The van der Waals surface area contributed by atoms with E-state index in [2.05, 4.69) is 11.6 Å². The minimum absolute atomic E-state index is 0.0557. The third kappa shape index (κ3) is 3.17. The number of aliphatic hydroxyl groups is 1. The van der Waals surface area contributed by atoms with Gasteiger partial charge in [-0.15, -0.1) is 6.58 Å². The molecule has 0 radical (unpaired) electrons. The Hall–Kier alpha value is -1.61. The van der Waals surface area contributed by atoms with E-state index in [1.54, 1.807) is 6.08 Å². The van der Waals surface area contributed by atoms with Crippen LogP contribution in [0.3, 0.4) is 0 Å². The number of benzene rings is 1. The Labute approximate surface area is 101 Å². The maximum absolute atomic E-state index is 9.67. The summed E-state index contributed by atoms with van der Waals surface area (Å²) in [5.74, 6) is 0.682. The van der Waals surface area contributed by atoms with Gasteiger partial charge in [-0.25, -0.2) is 4.99 Å². The van der Waals surface area contributed by atoms with Crippen molar-refractivity contribution in [2.24, 2.45) is 4.99 Å². The van der Waals surface area contributed by atoms with Crippen LogP contribution in [0.25, 0.3) is 0 Å². The van der Waals surface area contributed by atoms with Gasteiger partial charge in [0.2, 0.25) is 5.90 Å². The summed E-state index contributed by atoms with van der Waals surface area (Å²) in [5, 5.41) is 9.67. The van der Waals surface area contributed by atoms with Crippen molar-refractivity contribution in [3.05, 3.63) is 48.6 Å². The maximum Gasteiger partial charge on any atom is 0.216 e. The lowest BCUT2D eigenvalue weighted by atomic mass is 10.1. The van der Waals surface area contributed by atoms with Crippen LogP contribution in [0.15, 0.2) is 48.0 Å². The van der Waals surface area contributed by atoms with Crippen molar-refractivity contribution < 1.29 is 9.84 Å². The van der Waals surface area contributed by atoms with Gasteiger partial charge in [0.05, 0.1) is 12.1 Å². The lowest BCUT2D eigenvalue weighted by Gasteiger charge is -2.09. The van der Waals surface area contributed by atoms with Crippen LogP contribution < -0.4 is 0 Å². The Kier molecular flexibility index (Phi) is 3.94. The topological polar surface area (TPSA) is 41.8 Å². The van der Waals surface area contributed by atoms with Crippen LogP contribution in [-0.4, -0.2) is 29.8 Å². The van der Waals surface area contributed by atoms with Gasteiger partial charge in [-0.3, -0.25) is 0 Å². The summed E-state index contributed by atoms with van der Waals surface area (Å²) in [6, 6.07) is 9.88. The van der Waals surface area contributed by atoms with Crippen molar-refractivity contribution >= 4 is 5.90 Å². The van der Waals surface area contributed by atoms with E-state index in [-0.39, 0.29) is 12.1 Å². The first kappa shape index (κ1) is 11.9. The van der Waals surface area contributed by atoms with Gasteiger partial charge in [-0.05, 0) is 25.0 Å². The molecule has 0 fully saturated rings. The van der Waals surface area contributed by atoms with Crippen LogP contribution in [0.2, 0.25) is 0 Å². The number of hydrogen-bond acceptors (Lipinski definition) is 3. The summed E-state index contributed by atoms with van der Waals surface area (Å²) >= 11 is 0. The van der Waals surface area contributed by atoms with Crippen molar-refractivity contribution in [2.45, 2.75) is 25.0 Å². The van der Waals surface area contributed by atoms with Crippen LogP contribution in [0.4, 0.5) is 0 Å². The lowest BCUT2D eigenvalue weighted by molar-refractivity contribution is 0.151. The van der Waals surface area contributed by atoms with Gasteiger partial charge in [0.1, 0.15) is 6.61 Å². The first-order valence-corrected chi connectivity index (χ1v) is 5.84. The smallest absolute Gasteiger partial charge is 0.216 e. The van der Waals surface area contributed by atoms with Crippen LogP contribution >= 0.6 is 0 Å². The highest BCUT2D eigenvalue weighted by Gasteiger charge is 2.22. The quantitative estimate of drug-likeness (QED) is 0.789.